The molecule has 0 atom stereocenters. The van der Waals surface area contributed by atoms with Gasteiger partial charge in [-0.05, 0) is 6.92 Å². The third-order valence-electron chi connectivity index (χ3n) is 1.59. The molecule has 0 amide bonds. The Morgan fingerprint density at radius 2 is 2.20 bits per heavy atom. The predicted octanol–water partition coefficient (Wildman–Crippen LogP) is 1.48. The molecule has 2 nitrogen and oxygen atoms in total. The number of hydrogen-bond donors (Lipinski definition) is 0. The maximum Gasteiger partial charge on any atom is 0.182 e. The third kappa shape index (κ3) is 0.875. The van der Waals surface area contributed by atoms with Gasteiger partial charge in [0.1, 0.15) is 0 Å². The molecule has 0 aliphatic heterocycles. The quantitative estimate of drug-likeness (QED) is 0.580. The zero-order valence-corrected chi connectivity index (χ0v) is 6.31. The maximum atomic E-state index is 12.7. The summed E-state index contributed by atoms with van der Waals surface area (Å²) in [5, 5.41) is 0. The van der Waals surface area contributed by atoms with E-state index in [2.05, 4.69) is 0 Å². The summed E-state index contributed by atoms with van der Waals surface area (Å²) >= 11 is 0. The van der Waals surface area contributed by atoms with E-state index >= 15 is 0 Å². The van der Waals surface area contributed by atoms with Crippen LogP contribution >= 0.6 is 0 Å². The van der Waals surface area contributed by atoms with Crippen LogP contribution in [0.3, 0.4) is 0 Å². The Morgan fingerprint density at radius 1 is 1.60 bits per heavy atom. The molecular formula is C7H10FNO. The van der Waals surface area contributed by atoms with E-state index in [0.29, 0.717) is 5.75 Å². The lowest BCUT2D eigenvalue weighted by molar-refractivity contribution is 0.386. The van der Waals surface area contributed by atoms with Gasteiger partial charge in [0.25, 0.3) is 0 Å². The minimum Gasteiger partial charge on any atom is -0.492 e. The van der Waals surface area contributed by atoms with Gasteiger partial charge in [-0.15, -0.1) is 0 Å². The van der Waals surface area contributed by atoms with Gasteiger partial charge in [-0.1, -0.05) is 0 Å². The van der Waals surface area contributed by atoms with E-state index in [9.17, 15) is 4.39 Å². The molecule has 0 spiro atoms. The van der Waals surface area contributed by atoms with Gasteiger partial charge in [0.2, 0.25) is 0 Å². The van der Waals surface area contributed by atoms with Crippen LogP contribution in [0, 0.1) is 12.7 Å². The third-order valence-corrected chi connectivity index (χ3v) is 1.59. The van der Waals surface area contributed by atoms with Gasteiger partial charge in [0, 0.05) is 13.2 Å². The predicted molar refractivity (Wildman–Crippen MR) is 36.7 cm³/mol. The molecule has 1 heterocycles. The maximum absolute atomic E-state index is 12.7. The average molecular weight is 143 g/mol. The Labute approximate surface area is 59.2 Å². The Bertz CT molecular complexity index is 242. The van der Waals surface area contributed by atoms with Crippen molar-refractivity contribution in [1.82, 2.24) is 4.57 Å². The topological polar surface area (TPSA) is 14.2 Å². The van der Waals surface area contributed by atoms with Crippen LogP contribution in [0.2, 0.25) is 0 Å². The van der Waals surface area contributed by atoms with Gasteiger partial charge < -0.3 is 9.30 Å². The summed E-state index contributed by atoms with van der Waals surface area (Å²) in [6, 6.07) is 0. The molecule has 1 rings (SSSR count). The van der Waals surface area contributed by atoms with Crippen molar-refractivity contribution in [2.75, 3.05) is 7.11 Å². The first-order valence-electron chi connectivity index (χ1n) is 3.02. The van der Waals surface area contributed by atoms with E-state index in [0.717, 1.165) is 5.69 Å². The molecule has 0 N–H and O–H groups in total. The number of hydrogen-bond acceptors (Lipinski definition) is 1. The summed E-state index contributed by atoms with van der Waals surface area (Å²) in [5.74, 6) is 0.0324. The van der Waals surface area contributed by atoms with Crippen LogP contribution in [0.25, 0.3) is 0 Å². The second-order valence-electron chi connectivity index (χ2n) is 2.21. The molecule has 0 aromatic carbocycles. The van der Waals surface area contributed by atoms with Crippen LogP contribution in [0.4, 0.5) is 4.39 Å². The van der Waals surface area contributed by atoms with Gasteiger partial charge in [0.15, 0.2) is 11.6 Å². The highest BCUT2D eigenvalue weighted by Crippen LogP contribution is 2.21. The largest absolute Gasteiger partial charge is 0.492 e. The Kier molecular flexibility index (Phi) is 1.66. The number of nitrogens with zero attached hydrogens (tertiary/aromatic N) is 1. The van der Waals surface area contributed by atoms with Crippen LogP contribution in [0.1, 0.15) is 5.69 Å². The smallest absolute Gasteiger partial charge is 0.182 e. The molecule has 0 fully saturated rings. The summed E-state index contributed by atoms with van der Waals surface area (Å²) in [7, 11) is 3.24. The summed E-state index contributed by atoms with van der Waals surface area (Å²) in [6.07, 6.45) is 1.40. The number of ether oxygens (including phenoxy) is 1. The zero-order chi connectivity index (χ0) is 7.72. The van der Waals surface area contributed by atoms with E-state index < -0.39 is 0 Å². The van der Waals surface area contributed by atoms with Gasteiger partial charge in [-0.3, -0.25) is 0 Å². The first kappa shape index (κ1) is 7.12. The van der Waals surface area contributed by atoms with Gasteiger partial charge in [0.05, 0.1) is 12.8 Å². The second-order valence-corrected chi connectivity index (χ2v) is 2.21. The average Bonchev–Trinajstić information content (AvgIpc) is 2.09. The first-order valence-corrected chi connectivity index (χ1v) is 3.02. The molecule has 1 aromatic heterocycles. The highest BCUT2D eigenvalue weighted by atomic mass is 19.1. The lowest BCUT2D eigenvalue weighted by atomic mass is 10.4. The van der Waals surface area contributed by atoms with Crippen molar-refractivity contribution >= 4 is 0 Å². The van der Waals surface area contributed by atoms with Crippen LogP contribution in [0.15, 0.2) is 6.20 Å². The fourth-order valence-electron chi connectivity index (χ4n) is 0.904. The molecule has 3 heteroatoms. The fraction of sp³-hybridized carbons (Fsp3) is 0.429. The lowest BCUT2D eigenvalue weighted by Crippen LogP contribution is -1.89. The monoisotopic (exact) mass is 143 g/mol. The lowest BCUT2D eigenvalue weighted by Gasteiger charge is -1.98. The van der Waals surface area contributed by atoms with E-state index in [-0.39, 0.29) is 5.82 Å². The first-order chi connectivity index (χ1) is 4.66. The molecule has 0 radical (unpaired) electrons. The summed E-state index contributed by atoms with van der Waals surface area (Å²) < 4.78 is 19.2. The van der Waals surface area contributed by atoms with Crippen LogP contribution in [-0.4, -0.2) is 11.7 Å². The van der Waals surface area contributed by atoms with Crippen molar-refractivity contribution in [2.24, 2.45) is 7.05 Å². The van der Waals surface area contributed by atoms with Crippen molar-refractivity contribution in [3.05, 3.63) is 17.7 Å². The standard InChI is InChI=1S/C7H10FNO/c1-5-7(10-3)6(8)4-9(5)2/h4H,1-3H3. The highest BCUT2D eigenvalue weighted by molar-refractivity contribution is 5.29. The summed E-state index contributed by atoms with van der Waals surface area (Å²) in [5.41, 5.74) is 0.806. The molecule has 56 valence electrons. The minimum absolute atomic E-state index is 0.303. The Morgan fingerprint density at radius 3 is 2.40 bits per heavy atom. The molecular weight excluding hydrogens is 133 g/mol. The second kappa shape index (κ2) is 2.33. The van der Waals surface area contributed by atoms with Crippen molar-refractivity contribution < 1.29 is 9.13 Å². The Balaban J connectivity index is 3.20. The molecule has 10 heavy (non-hydrogen) atoms. The van der Waals surface area contributed by atoms with Crippen molar-refractivity contribution in [2.45, 2.75) is 6.92 Å². The SMILES string of the molecule is COc1c(F)cn(C)c1C. The molecule has 0 aliphatic carbocycles. The number of halogens is 1. The van der Waals surface area contributed by atoms with Crippen LogP contribution in [-0.2, 0) is 7.05 Å². The minimum atomic E-state index is -0.303. The molecule has 0 unspecified atom stereocenters. The van der Waals surface area contributed by atoms with Crippen LogP contribution in [0.5, 0.6) is 5.75 Å². The van der Waals surface area contributed by atoms with E-state index in [4.69, 9.17) is 4.74 Å². The number of rotatable bonds is 1. The molecule has 0 saturated carbocycles. The molecule has 0 bridgehead atoms. The van der Waals surface area contributed by atoms with Gasteiger partial charge in [-0.2, -0.15) is 0 Å². The normalized spacial score (nSPS) is 10.0. The molecule has 0 aliphatic rings. The number of aryl methyl sites for hydroxylation is 1. The Hall–Kier alpha value is -0.990. The summed E-state index contributed by atoms with van der Waals surface area (Å²) in [4.78, 5) is 0. The van der Waals surface area contributed by atoms with Gasteiger partial charge in [-0.25, -0.2) is 4.39 Å². The van der Waals surface area contributed by atoms with E-state index in [1.54, 1.807) is 11.6 Å². The van der Waals surface area contributed by atoms with Gasteiger partial charge >= 0.3 is 0 Å². The van der Waals surface area contributed by atoms with Crippen molar-refractivity contribution in [3.8, 4) is 5.75 Å². The molecule has 0 saturated heterocycles. The number of aromatic nitrogens is 1. The van der Waals surface area contributed by atoms with Crippen LogP contribution < -0.4 is 4.74 Å². The fourth-order valence-corrected chi connectivity index (χ4v) is 0.904. The zero-order valence-electron chi connectivity index (χ0n) is 6.31. The summed E-state index contributed by atoms with van der Waals surface area (Å²) in [6.45, 7) is 1.81. The van der Waals surface area contributed by atoms with E-state index in [1.165, 1.54) is 13.3 Å². The van der Waals surface area contributed by atoms with E-state index in [1.807, 2.05) is 6.92 Å². The van der Waals surface area contributed by atoms with Crippen molar-refractivity contribution in [1.29, 1.82) is 0 Å². The molecule has 1 aromatic rings. The number of methoxy groups -OCH3 is 1. The van der Waals surface area contributed by atoms with Crippen molar-refractivity contribution in [3.63, 3.8) is 0 Å². The highest BCUT2D eigenvalue weighted by Gasteiger charge is 2.09.